The zero-order chi connectivity index (χ0) is 17.4. The highest BCUT2D eigenvalue weighted by Gasteiger charge is 2.18. The SMILES string of the molecule is COCCCNC(=S)Nc1nc(OC)cc(N2CCC(C)CC2)n1. The normalized spacial score (nSPS) is 15.2. The van der Waals surface area contributed by atoms with E-state index in [9.17, 15) is 0 Å². The lowest BCUT2D eigenvalue weighted by Gasteiger charge is -2.31. The van der Waals surface area contributed by atoms with Crippen LogP contribution in [0.3, 0.4) is 0 Å². The zero-order valence-electron chi connectivity index (χ0n) is 14.7. The summed E-state index contributed by atoms with van der Waals surface area (Å²) in [5.41, 5.74) is 0. The van der Waals surface area contributed by atoms with Crippen molar-refractivity contribution >= 4 is 29.1 Å². The standard InChI is InChI=1S/C16H27N5O2S/c1-12-5-8-21(9-6-12)13-11-14(23-3)19-15(18-13)20-16(24)17-7-4-10-22-2/h11-12H,4-10H2,1-3H3,(H2,17,18,19,20,24). The number of rotatable bonds is 7. The van der Waals surface area contributed by atoms with Gasteiger partial charge in [0.1, 0.15) is 5.82 Å². The molecule has 134 valence electrons. The summed E-state index contributed by atoms with van der Waals surface area (Å²) >= 11 is 5.28. The smallest absolute Gasteiger partial charge is 0.234 e. The van der Waals surface area contributed by atoms with Gasteiger partial charge in [-0.15, -0.1) is 0 Å². The Hall–Kier alpha value is -1.67. The van der Waals surface area contributed by atoms with Gasteiger partial charge in [-0.3, -0.25) is 0 Å². The van der Waals surface area contributed by atoms with Crippen LogP contribution >= 0.6 is 12.2 Å². The predicted molar refractivity (Wildman–Crippen MR) is 99.9 cm³/mol. The first-order valence-corrected chi connectivity index (χ1v) is 8.75. The van der Waals surface area contributed by atoms with E-state index in [-0.39, 0.29) is 0 Å². The van der Waals surface area contributed by atoms with Crippen LogP contribution < -0.4 is 20.3 Å². The molecule has 8 heteroatoms. The van der Waals surface area contributed by atoms with Crippen LogP contribution in [0.15, 0.2) is 6.07 Å². The van der Waals surface area contributed by atoms with Crippen LogP contribution in [-0.2, 0) is 4.74 Å². The molecule has 0 radical (unpaired) electrons. The molecule has 0 amide bonds. The Kier molecular flexibility index (Phi) is 7.45. The zero-order valence-corrected chi connectivity index (χ0v) is 15.5. The second-order valence-corrected chi connectivity index (χ2v) is 6.40. The molecule has 1 aliphatic heterocycles. The van der Waals surface area contributed by atoms with Crippen LogP contribution in [0.25, 0.3) is 0 Å². The first kappa shape index (κ1) is 18.7. The minimum absolute atomic E-state index is 0.451. The van der Waals surface area contributed by atoms with Gasteiger partial charge in [0.25, 0.3) is 0 Å². The van der Waals surface area contributed by atoms with Crippen LogP contribution in [0.2, 0.25) is 0 Å². The van der Waals surface area contributed by atoms with Crippen molar-refractivity contribution in [2.75, 3.05) is 50.7 Å². The Balaban J connectivity index is 1.99. The molecule has 0 aromatic carbocycles. The van der Waals surface area contributed by atoms with E-state index in [1.54, 1.807) is 14.2 Å². The van der Waals surface area contributed by atoms with E-state index in [1.165, 1.54) is 12.8 Å². The van der Waals surface area contributed by atoms with Gasteiger partial charge in [-0.05, 0) is 37.4 Å². The van der Waals surface area contributed by atoms with Gasteiger partial charge in [-0.25, -0.2) is 0 Å². The Bertz CT molecular complexity index is 535. The largest absolute Gasteiger partial charge is 0.481 e. The summed E-state index contributed by atoms with van der Waals surface area (Å²) in [5, 5.41) is 6.64. The predicted octanol–water partition coefficient (Wildman–Crippen LogP) is 2.04. The molecule has 0 unspecified atom stereocenters. The van der Waals surface area contributed by atoms with Gasteiger partial charge in [-0.2, -0.15) is 9.97 Å². The molecule has 24 heavy (non-hydrogen) atoms. The molecule has 2 rings (SSSR count). The molecule has 0 atom stereocenters. The third-order valence-corrected chi connectivity index (χ3v) is 4.29. The fraction of sp³-hybridized carbons (Fsp3) is 0.688. The highest BCUT2D eigenvalue weighted by Crippen LogP contribution is 2.24. The molecule has 2 heterocycles. The monoisotopic (exact) mass is 353 g/mol. The Morgan fingerprint density at radius 1 is 1.33 bits per heavy atom. The first-order valence-electron chi connectivity index (χ1n) is 8.34. The average Bonchev–Trinajstić information content (AvgIpc) is 2.59. The van der Waals surface area contributed by atoms with Crippen molar-refractivity contribution in [3.8, 4) is 5.88 Å². The lowest BCUT2D eigenvalue weighted by molar-refractivity contribution is 0.196. The fourth-order valence-corrected chi connectivity index (χ4v) is 2.73. The molecule has 1 fully saturated rings. The van der Waals surface area contributed by atoms with Crippen LogP contribution in [0.5, 0.6) is 5.88 Å². The van der Waals surface area contributed by atoms with Crippen molar-refractivity contribution in [3.05, 3.63) is 6.07 Å². The van der Waals surface area contributed by atoms with Gasteiger partial charge in [0, 0.05) is 39.4 Å². The highest BCUT2D eigenvalue weighted by molar-refractivity contribution is 7.80. The molecular weight excluding hydrogens is 326 g/mol. The average molecular weight is 353 g/mol. The Morgan fingerprint density at radius 2 is 2.08 bits per heavy atom. The maximum atomic E-state index is 5.30. The molecule has 0 saturated carbocycles. The second-order valence-electron chi connectivity index (χ2n) is 5.99. The van der Waals surface area contributed by atoms with E-state index in [1.807, 2.05) is 6.07 Å². The maximum Gasteiger partial charge on any atom is 0.234 e. The Labute approximate surface area is 149 Å². The first-order chi connectivity index (χ1) is 11.6. The second kappa shape index (κ2) is 9.58. The van der Waals surface area contributed by atoms with Gasteiger partial charge in [0.05, 0.1) is 7.11 Å². The molecule has 1 aromatic rings. The van der Waals surface area contributed by atoms with Gasteiger partial charge < -0.3 is 25.0 Å². The van der Waals surface area contributed by atoms with E-state index < -0.39 is 0 Å². The molecule has 0 spiro atoms. The molecule has 1 aliphatic rings. The summed E-state index contributed by atoms with van der Waals surface area (Å²) in [4.78, 5) is 11.2. The number of thiocarbonyl (C=S) groups is 1. The van der Waals surface area contributed by atoms with Crippen LogP contribution in [0.1, 0.15) is 26.2 Å². The number of piperidine rings is 1. The van der Waals surface area contributed by atoms with Gasteiger partial charge in [0.15, 0.2) is 5.11 Å². The van der Waals surface area contributed by atoms with Crippen molar-refractivity contribution in [1.29, 1.82) is 0 Å². The van der Waals surface area contributed by atoms with E-state index in [2.05, 4.69) is 32.4 Å². The lowest BCUT2D eigenvalue weighted by Crippen LogP contribution is -2.34. The number of hydrogen-bond donors (Lipinski definition) is 2. The van der Waals surface area contributed by atoms with Gasteiger partial charge >= 0.3 is 0 Å². The van der Waals surface area contributed by atoms with Crippen molar-refractivity contribution < 1.29 is 9.47 Å². The third-order valence-electron chi connectivity index (χ3n) is 4.04. The number of methoxy groups -OCH3 is 2. The van der Waals surface area contributed by atoms with E-state index in [4.69, 9.17) is 21.7 Å². The summed E-state index contributed by atoms with van der Waals surface area (Å²) in [6, 6.07) is 1.87. The molecular formula is C16H27N5O2S. The summed E-state index contributed by atoms with van der Waals surface area (Å²) in [6.45, 7) is 5.73. The van der Waals surface area contributed by atoms with Gasteiger partial charge in [0.2, 0.25) is 11.8 Å². The molecule has 0 aliphatic carbocycles. The summed E-state index contributed by atoms with van der Waals surface area (Å²) < 4.78 is 10.3. The summed E-state index contributed by atoms with van der Waals surface area (Å²) in [7, 11) is 3.29. The molecule has 1 aromatic heterocycles. The fourth-order valence-electron chi connectivity index (χ4n) is 2.54. The van der Waals surface area contributed by atoms with E-state index >= 15 is 0 Å². The molecule has 2 N–H and O–H groups in total. The lowest BCUT2D eigenvalue weighted by atomic mass is 9.99. The topological polar surface area (TPSA) is 71.5 Å². The quantitative estimate of drug-likeness (QED) is 0.570. The number of hydrogen-bond acceptors (Lipinski definition) is 6. The molecule has 7 nitrogen and oxygen atoms in total. The maximum absolute atomic E-state index is 5.30. The molecule has 1 saturated heterocycles. The van der Waals surface area contributed by atoms with Crippen LogP contribution in [0.4, 0.5) is 11.8 Å². The van der Waals surface area contributed by atoms with E-state index in [0.29, 0.717) is 23.5 Å². The minimum Gasteiger partial charge on any atom is -0.481 e. The summed E-state index contributed by atoms with van der Waals surface area (Å²) in [5.74, 6) is 2.63. The Morgan fingerprint density at radius 3 is 2.75 bits per heavy atom. The van der Waals surface area contributed by atoms with Crippen LogP contribution in [-0.4, -0.2) is 55.5 Å². The number of aromatic nitrogens is 2. The number of ether oxygens (including phenoxy) is 2. The van der Waals surface area contributed by atoms with Crippen molar-refractivity contribution in [2.24, 2.45) is 5.92 Å². The number of nitrogens with one attached hydrogen (secondary N) is 2. The number of anilines is 2. The highest BCUT2D eigenvalue weighted by atomic mass is 32.1. The van der Waals surface area contributed by atoms with Crippen LogP contribution in [0, 0.1) is 5.92 Å². The van der Waals surface area contributed by atoms with Crippen molar-refractivity contribution in [3.63, 3.8) is 0 Å². The van der Waals surface area contributed by atoms with Crippen molar-refractivity contribution in [1.82, 2.24) is 15.3 Å². The minimum atomic E-state index is 0.451. The number of nitrogens with zero attached hydrogens (tertiary/aromatic N) is 3. The van der Waals surface area contributed by atoms with E-state index in [0.717, 1.165) is 37.8 Å². The van der Waals surface area contributed by atoms with Crippen molar-refractivity contribution in [2.45, 2.75) is 26.2 Å². The van der Waals surface area contributed by atoms with Gasteiger partial charge in [-0.1, -0.05) is 6.92 Å². The molecule has 0 bridgehead atoms. The third kappa shape index (κ3) is 5.76. The summed E-state index contributed by atoms with van der Waals surface area (Å²) in [6.07, 6.45) is 3.23.